The third kappa shape index (κ3) is 1.74. The number of aromatic amines is 1. The highest BCUT2D eigenvalue weighted by Crippen LogP contribution is 2.27. The molecule has 6 heteroatoms. The maximum Gasteiger partial charge on any atom is 0.213 e. The van der Waals surface area contributed by atoms with E-state index in [1.165, 1.54) is 12.3 Å². The highest BCUT2D eigenvalue weighted by atomic mass is 35.5. The molecule has 0 aliphatic heterocycles. The normalized spacial score (nSPS) is 10.9. The topological polar surface area (TPSA) is 54.5 Å². The molecule has 3 heterocycles. The maximum atomic E-state index is 13.1. The van der Waals surface area contributed by atoms with Gasteiger partial charge in [-0.05, 0) is 12.1 Å². The average molecular weight is 249 g/mol. The summed E-state index contributed by atoms with van der Waals surface area (Å²) in [6.45, 7) is 0. The van der Waals surface area contributed by atoms with Crippen LogP contribution < -0.4 is 0 Å². The summed E-state index contributed by atoms with van der Waals surface area (Å²) in [5.41, 5.74) is 2.03. The van der Waals surface area contributed by atoms with Crippen LogP contribution >= 0.6 is 11.6 Å². The average Bonchev–Trinajstić information content (AvgIpc) is 2.71. The van der Waals surface area contributed by atoms with Gasteiger partial charge < -0.3 is 0 Å². The van der Waals surface area contributed by atoms with Gasteiger partial charge in [0.05, 0.1) is 11.7 Å². The maximum absolute atomic E-state index is 13.1. The summed E-state index contributed by atoms with van der Waals surface area (Å²) in [6.07, 6.45) is 2.99. The van der Waals surface area contributed by atoms with E-state index in [-0.39, 0.29) is 0 Å². The molecule has 0 aromatic carbocycles. The highest BCUT2D eigenvalue weighted by molar-refractivity contribution is 6.30. The zero-order chi connectivity index (χ0) is 11.8. The Morgan fingerprint density at radius 1 is 1.24 bits per heavy atom. The summed E-state index contributed by atoms with van der Waals surface area (Å²) < 4.78 is 13.1. The molecule has 17 heavy (non-hydrogen) atoms. The number of hydrogen-bond donors (Lipinski definition) is 1. The van der Waals surface area contributed by atoms with E-state index in [4.69, 9.17) is 11.6 Å². The van der Waals surface area contributed by atoms with E-state index in [0.29, 0.717) is 16.4 Å². The van der Waals surface area contributed by atoms with E-state index >= 15 is 0 Å². The summed E-state index contributed by atoms with van der Waals surface area (Å²) in [4.78, 5) is 7.44. The summed E-state index contributed by atoms with van der Waals surface area (Å²) in [6, 6.07) is 4.70. The van der Waals surface area contributed by atoms with Gasteiger partial charge in [-0.25, -0.2) is 9.97 Å². The molecule has 3 rings (SSSR count). The zero-order valence-electron chi connectivity index (χ0n) is 8.48. The Morgan fingerprint density at radius 2 is 2.12 bits per heavy atom. The van der Waals surface area contributed by atoms with E-state index < -0.39 is 5.95 Å². The first-order valence-corrected chi connectivity index (χ1v) is 5.23. The van der Waals surface area contributed by atoms with Gasteiger partial charge in [-0.15, -0.1) is 0 Å². The molecule has 3 aromatic rings. The molecule has 0 amide bonds. The van der Waals surface area contributed by atoms with Gasteiger partial charge in [-0.1, -0.05) is 11.6 Å². The van der Waals surface area contributed by atoms with E-state index in [2.05, 4.69) is 20.2 Å². The van der Waals surface area contributed by atoms with Crippen molar-refractivity contribution < 1.29 is 4.39 Å². The number of H-pyrrole nitrogens is 1. The summed E-state index contributed by atoms with van der Waals surface area (Å²) in [5, 5.41) is 8.12. The monoisotopic (exact) mass is 248 g/mol. The van der Waals surface area contributed by atoms with Crippen LogP contribution in [-0.2, 0) is 0 Å². The van der Waals surface area contributed by atoms with Gasteiger partial charge in [-0.2, -0.15) is 9.49 Å². The van der Waals surface area contributed by atoms with Gasteiger partial charge in [0, 0.05) is 23.2 Å². The minimum absolute atomic E-state index is 0.370. The number of fused-ring (bicyclic) bond motifs is 1. The number of rotatable bonds is 1. The number of hydrogen-bond acceptors (Lipinski definition) is 3. The highest BCUT2D eigenvalue weighted by Gasteiger charge is 2.09. The SMILES string of the molecule is Fc1cc(-c2n[nH]c3cnc(Cl)cc23)ccn1. The standard InChI is InChI=1S/C11H6ClFN4/c12-9-4-7-8(5-15-9)16-17-11(7)6-1-2-14-10(13)3-6/h1-5H,(H,16,17). The molecule has 3 aromatic heterocycles. The van der Waals surface area contributed by atoms with Crippen molar-refractivity contribution in [3.63, 3.8) is 0 Å². The Balaban J connectivity index is 2.27. The molecule has 0 saturated heterocycles. The van der Waals surface area contributed by atoms with Crippen molar-refractivity contribution in [3.05, 3.63) is 41.7 Å². The number of nitrogens with zero attached hydrogens (tertiary/aromatic N) is 3. The van der Waals surface area contributed by atoms with Crippen molar-refractivity contribution >= 4 is 22.5 Å². The molecule has 0 spiro atoms. The number of pyridine rings is 2. The van der Waals surface area contributed by atoms with Gasteiger partial charge in [0.25, 0.3) is 0 Å². The molecular weight excluding hydrogens is 243 g/mol. The fraction of sp³-hybridized carbons (Fsp3) is 0. The van der Waals surface area contributed by atoms with Crippen LogP contribution in [0.15, 0.2) is 30.6 Å². The van der Waals surface area contributed by atoms with Crippen LogP contribution in [0.3, 0.4) is 0 Å². The second-order valence-corrected chi connectivity index (χ2v) is 3.88. The smallest absolute Gasteiger partial charge is 0.213 e. The summed E-state index contributed by atoms with van der Waals surface area (Å²) >= 11 is 5.83. The fourth-order valence-corrected chi connectivity index (χ4v) is 1.82. The molecule has 0 radical (unpaired) electrons. The molecule has 4 nitrogen and oxygen atoms in total. The third-order valence-electron chi connectivity index (χ3n) is 2.41. The molecule has 0 fully saturated rings. The Hall–Kier alpha value is -2.01. The van der Waals surface area contributed by atoms with Crippen LogP contribution in [0.4, 0.5) is 4.39 Å². The molecule has 0 atom stereocenters. The lowest BCUT2D eigenvalue weighted by molar-refractivity contribution is 0.584. The Labute approximate surface area is 100 Å². The third-order valence-corrected chi connectivity index (χ3v) is 2.62. The quantitative estimate of drug-likeness (QED) is 0.674. The van der Waals surface area contributed by atoms with E-state index in [0.717, 1.165) is 10.9 Å². The van der Waals surface area contributed by atoms with Crippen molar-refractivity contribution in [1.82, 2.24) is 20.2 Å². The van der Waals surface area contributed by atoms with Crippen LogP contribution in [0.1, 0.15) is 0 Å². The second-order valence-electron chi connectivity index (χ2n) is 3.49. The van der Waals surface area contributed by atoms with Crippen LogP contribution in [0.25, 0.3) is 22.2 Å². The fourth-order valence-electron chi connectivity index (χ4n) is 1.66. The molecule has 84 valence electrons. The van der Waals surface area contributed by atoms with E-state index in [9.17, 15) is 4.39 Å². The summed E-state index contributed by atoms with van der Waals surface area (Å²) in [5.74, 6) is -0.543. The Morgan fingerprint density at radius 3 is 2.94 bits per heavy atom. The molecular formula is C11H6ClFN4. The van der Waals surface area contributed by atoms with E-state index in [1.807, 2.05) is 0 Å². The largest absolute Gasteiger partial charge is 0.276 e. The number of halogens is 2. The Bertz CT molecular complexity index is 695. The summed E-state index contributed by atoms with van der Waals surface area (Å²) in [7, 11) is 0. The van der Waals surface area contributed by atoms with Crippen LogP contribution in [0.2, 0.25) is 5.15 Å². The van der Waals surface area contributed by atoms with Crippen molar-refractivity contribution in [1.29, 1.82) is 0 Å². The van der Waals surface area contributed by atoms with Gasteiger partial charge in [0.2, 0.25) is 5.95 Å². The van der Waals surface area contributed by atoms with Crippen LogP contribution in [0, 0.1) is 5.95 Å². The van der Waals surface area contributed by atoms with Gasteiger partial charge in [0.1, 0.15) is 10.8 Å². The Kier molecular flexibility index (Phi) is 2.26. The zero-order valence-corrected chi connectivity index (χ0v) is 9.24. The van der Waals surface area contributed by atoms with Gasteiger partial charge in [0.15, 0.2) is 0 Å². The van der Waals surface area contributed by atoms with Crippen LogP contribution in [-0.4, -0.2) is 20.2 Å². The lowest BCUT2D eigenvalue weighted by Crippen LogP contribution is -1.84. The van der Waals surface area contributed by atoms with Crippen molar-refractivity contribution in [2.75, 3.05) is 0 Å². The minimum atomic E-state index is -0.543. The van der Waals surface area contributed by atoms with Gasteiger partial charge >= 0.3 is 0 Å². The molecule has 0 aliphatic carbocycles. The molecule has 1 N–H and O–H groups in total. The van der Waals surface area contributed by atoms with Gasteiger partial charge in [-0.3, -0.25) is 5.10 Å². The lowest BCUT2D eigenvalue weighted by Gasteiger charge is -1.97. The molecule has 0 unspecified atom stereocenters. The first-order valence-electron chi connectivity index (χ1n) is 4.85. The molecule has 0 aliphatic rings. The lowest BCUT2D eigenvalue weighted by atomic mass is 10.1. The van der Waals surface area contributed by atoms with Crippen LogP contribution in [0.5, 0.6) is 0 Å². The first kappa shape index (κ1) is 10.2. The van der Waals surface area contributed by atoms with E-state index in [1.54, 1.807) is 18.3 Å². The predicted octanol–water partition coefficient (Wildman–Crippen LogP) is 2.81. The second kappa shape index (κ2) is 3.78. The first-order chi connectivity index (χ1) is 8.24. The number of aromatic nitrogens is 4. The van der Waals surface area contributed by atoms with Crippen molar-refractivity contribution in [2.24, 2.45) is 0 Å². The minimum Gasteiger partial charge on any atom is -0.276 e. The predicted molar refractivity (Wildman–Crippen MR) is 62.1 cm³/mol. The van der Waals surface area contributed by atoms with Crippen molar-refractivity contribution in [3.8, 4) is 11.3 Å². The molecule has 0 bridgehead atoms. The van der Waals surface area contributed by atoms with Crippen molar-refractivity contribution in [2.45, 2.75) is 0 Å². The molecule has 0 saturated carbocycles. The number of nitrogens with one attached hydrogen (secondary N) is 1.